The molecule has 1 amide bonds. The van der Waals surface area contributed by atoms with Gasteiger partial charge in [-0.05, 0) is 25.5 Å². The van der Waals surface area contributed by atoms with Crippen LogP contribution in [-0.4, -0.2) is 46.2 Å². The molecule has 3 heterocycles. The van der Waals surface area contributed by atoms with Crippen molar-refractivity contribution in [3.8, 4) is 0 Å². The maximum absolute atomic E-state index is 12.1. The van der Waals surface area contributed by atoms with Gasteiger partial charge >= 0.3 is 0 Å². The van der Waals surface area contributed by atoms with E-state index in [9.17, 15) is 4.79 Å². The molecule has 3 rings (SSSR count). The quantitative estimate of drug-likeness (QED) is 0.853. The molecule has 132 valence electrons. The zero-order valence-electron chi connectivity index (χ0n) is 14.3. The predicted octanol–water partition coefficient (Wildman–Crippen LogP) is 0.997. The topological polar surface area (TPSA) is 106 Å². The van der Waals surface area contributed by atoms with Crippen molar-refractivity contribution < 1.29 is 9.53 Å². The van der Waals surface area contributed by atoms with Gasteiger partial charge in [-0.25, -0.2) is 15.0 Å². The average Bonchev–Trinajstić information content (AvgIpc) is 2.60. The third-order valence-electron chi connectivity index (χ3n) is 3.95. The van der Waals surface area contributed by atoms with Crippen molar-refractivity contribution in [2.24, 2.45) is 0 Å². The van der Waals surface area contributed by atoms with Crippen molar-refractivity contribution >= 4 is 17.5 Å². The van der Waals surface area contributed by atoms with Crippen LogP contribution in [0.2, 0.25) is 0 Å². The summed E-state index contributed by atoms with van der Waals surface area (Å²) in [5, 5.41) is 2.77. The summed E-state index contributed by atoms with van der Waals surface area (Å²) in [5.41, 5.74) is 6.68. The summed E-state index contributed by atoms with van der Waals surface area (Å²) in [6, 6.07) is 3.91. The number of morpholine rings is 1. The lowest BCUT2D eigenvalue weighted by Crippen LogP contribution is -2.45. The third-order valence-corrected chi connectivity index (χ3v) is 3.95. The largest absolute Gasteiger partial charge is 0.382 e. The van der Waals surface area contributed by atoms with Gasteiger partial charge in [0.05, 0.1) is 12.2 Å². The number of nitrogens with one attached hydrogen (secondary N) is 1. The number of anilines is 2. The molecule has 25 heavy (non-hydrogen) atoms. The van der Waals surface area contributed by atoms with Gasteiger partial charge in [-0.2, -0.15) is 0 Å². The van der Waals surface area contributed by atoms with E-state index in [-0.39, 0.29) is 29.6 Å². The number of pyridine rings is 1. The zero-order valence-corrected chi connectivity index (χ0v) is 14.3. The highest BCUT2D eigenvalue weighted by Gasteiger charge is 2.23. The minimum Gasteiger partial charge on any atom is -0.382 e. The summed E-state index contributed by atoms with van der Waals surface area (Å²) in [6.45, 7) is 6.10. The number of nitrogen functional groups attached to an aromatic ring is 1. The van der Waals surface area contributed by atoms with Gasteiger partial charge in [0.25, 0.3) is 5.91 Å². The molecule has 0 bridgehead atoms. The second kappa shape index (κ2) is 7.43. The number of rotatable bonds is 4. The van der Waals surface area contributed by atoms with Crippen LogP contribution in [0.15, 0.2) is 30.7 Å². The van der Waals surface area contributed by atoms with Crippen molar-refractivity contribution in [3.63, 3.8) is 0 Å². The number of carbonyl (C=O) groups excluding carboxylic acids is 1. The van der Waals surface area contributed by atoms with Crippen LogP contribution in [0, 0.1) is 0 Å². The molecule has 3 N–H and O–H groups in total. The van der Waals surface area contributed by atoms with E-state index in [1.165, 1.54) is 12.4 Å². The lowest BCUT2D eigenvalue weighted by molar-refractivity contribution is -0.00546. The van der Waals surface area contributed by atoms with Gasteiger partial charge in [0.2, 0.25) is 0 Å². The van der Waals surface area contributed by atoms with Gasteiger partial charge in [0, 0.05) is 38.2 Å². The fourth-order valence-electron chi connectivity index (χ4n) is 2.86. The Kier molecular flexibility index (Phi) is 5.08. The summed E-state index contributed by atoms with van der Waals surface area (Å²) >= 11 is 0. The first-order valence-electron chi connectivity index (χ1n) is 8.23. The molecule has 8 nitrogen and oxygen atoms in total. The molecule has 1 aliphatic heterocycles. The molecule has 1 saturated heterocycles. The Morgan fingerprint density at radius 2 is 1.96 bits per heavy atom. The minimum atomic E-state index is -0.356. The summed E-state index contributed by atoms with van der Waals surface area (Å²) in [4.78, 5) is 26.6. The molecule has 0 radical (unpaired) electrons. The highest BCUT2D eigenvalue weighted by atomic mass is 16.5. The molecule has 0 saturated carbocycles. The summed E-state index contributed by atoms with van der Waals surface area (Å²) < 4.78 is 5.74. The number of nitrogens with two attached hydrogens (primary N) is 1. The van der Waals surface area contributed by atoms with E-state index in [0.717, 1.165) is 24.5 Å². The first-order chi connectivity index (χ1) is 12.0. The van der Waals surface area contributed by atoms with Crippen molar-refractivity contribution in [1.29, 1.82) is 0 Å². The molecule has 8 heteroatoms. The van der Waals surface area contributed by atoms with Crippen LogP contribution in [0.4, 0.5) is 11.6 Å². The monoisotopic (exact) mass is 342 g/mol. The standard InChI is InChI=1S/C17H22N6O2/c1-11-9-23(10-12(2)25-11)14-4-3-13(7-21-14)8-22-17(24)15-16(18)20-6-5-19-15/h3-7,11-12H,8-10H2,1-2H3,(H2,18,20)(H,22,24)/t11-,12+. The molecule has 1 aliphatic rings. The summed E-state index contributed by atoms with van der Waals surface area (Å²) in [6.07, 6.45) is 5.01. The Morgan fingerprint density at radius 1 is 1.24 bits per heavy atom. The number of carbonyl (C=O) groups is 1. The number of hydrogen-bond acceptors (Lipinski definition) is 7. The third kappa shape index (κ3) is 4.21. The molecule has 2 aromatic heterocycles. The number of amides is 1. The van der Waals surface area contributed by atoms with Crippen molar-refractivity contribution in [1.82, 2.24) is 20.3 Å². The lowest BCUT2D eigenvalue weighted by atomic mass is 10.2. The minimum absolute atomic E-state index is 0.115. The molecule has 0 unspecified atom stereocenters. The number of ether oxygens (including phenoxy) is 1. The van der Waals surface area contributed by atoms with E-state index in [0.29, 0.717) is 6.54 Å². The fourth-order valence-corrected chi connectivity index (χ4v) is 2.86. The first-order valence-corrected chi connectivity index (χ1v) is 8.23. The lowest BCUT2D eigenvalue weighted by Gasteiger charge is -2.36. The highest BCUT2D eigenvalue weighted by molar-refractivity contribution is 5.96. The van der Waals surface area contributed by atoms with Crippen LogP contribution in [-0.2, 0) is 11.3 Å². The highest BCUT2D eigenvalue weighted by Crippen LogP contribution is 2.18. The van der Waals surface area contributed by atoms with Crippen LogP contribution >= 0.6 is 0 Å². The van der Waals surface area contributed by atoms with Crippen LogP contribution < -0.4 is 16.0 Å². The Bertz CT molecular complexity index is 726. The van der Waals surface area contributed by atoms with E-state index in [1.54, 1.807) is 6.20 Å². The Morgan fingerprint density at radius 3 is 2.60 bits per heavy atom. The van der Waals surface area contributed by atoms with Gasteiger partial charge in [0.15, 0.2) is 11.5 Å². The van der Waals surface area contributed by atoms with Gasteiger partial charge in [-0.15, -0.1) is 0 Å². The molecule has 1 fully saturated rings. The van der Waals surface area contributed by atoms with Gasteiger partial charge in [-0.3, -0.25) is 4.79 Å². The van der Waals surface area contributed by atoms with Crippen LogP contribution in [0.3, 0.4) is 0 Å². The molecule has 0 aromatic carbocycles. The summed E-state index contributed by atoms with van der Waals surface area (Å²) in [7, 11) is 0. The van der Waals surface area contributed by atoms with E-state index in [2.05, 4.69) is 39.0 Å². The zero-order chi connectivity index (χ0) is 17.8. The second-order valence-electron chi connectivity index (χ2n) is 6.16. The normalized spacial score (nSPS) is 20.3. The molecule has 2 atom stereocenters. The predicted molar refractivity (Wildman–Crippen MR) is 94.1 cm³/mol. The fraction of sp³-hybridized carbons (Fsp3) is 0.412. The van der Waals surface area contributed by atoms with Gasteiger partial charge < -0.3 is 20.7 Å². The average molecular weight is 342 g/mol. The smallest absolute Gasteiger partial charge is 0.273 e. The number of aromatic nitrogens is 3. The second-order valence-corrected chi connectivity index (χ2v) is 6.16. The van der Waals surface area contributed by atoms with Crippen LogP contribution in [0.1, 0.15) is 29.9 Å². The number of hydrogen-bond donors (Lipinski definition) is 2. The van der Waals surface area contributed by atoms with E-state index < -0.39 is 0 Å². The van der Waals surface area contributed by atoms with E-state index in [4.69, 9.17) is 10.5 Å². The van der Waals surface area contributed by atoms with Crippen LogP contribution in [0.5, 0.6) is 0 Å². The molecule has 2 aromatic rings. The van der Waals surface area contributed by atoms with E-state index >= 15 is 0 Å². The van der Waals surface area contributed by atoms with Crippen LogP contribution in [0.25, 0.3) is 0 Å². The Hall–Kier alpha value is -2.74. The van der Waals surface area contributed by atoms with Crippen molar-refractivity contribution in [2.75, 3.05) is 23.7 Å². The molecule has 0 aliphatic carbocycles. The maximum Gasteiger partial charge on any atom is 0.273 e. The van der Waals surface area contributed by atoms with Crippen molar-refractivity contribution in [2.45, 2.75) is 32.6 Å². The Labute approximate surface area is 146 Å². The molecular weight excluding hydrogens is 320 g/mol. The summed E-state index contributed by atoms with van der Waals surface area (Å²) in [5.74, 6) is 0.671. The number of nitrogens with zero attached hydrogens (tertiary/aromatic N) is 4. The van der Waals surface area contributed by atoms with Gasteiger partial charge in [-0.1, -0.05) is 6.07 Å². The van der Waals surface area contributed by atoms with E-state index in [1.807, 2.05) is 12.1 Å². The molecule has 0 spiro atoms. The van der Waals surface area contributed by atoms with Crippen molar-refractivity contribution in [3.05, 3.63) is 42.0 Å². The Balaban J connectivity index is 1.59. The maximum atomic E-state index is 12.1. The molecular formula is C17H22N6O2. The van der Waals surface area contributed by atoms with Gasteiger partial charge in [0.1, 0.15) is 5.82 Å². The first kappa shape index (κ1) is 17.1. The SMILES string of the molecule is C[C@@H]1CN(c2ccc(CNC(=O)c3nccnc3N)cn2)C[C@H](C)O1.